The topological polar surface area (TPSA) is 165 Å². The average Bonchev–Trinajstić information content (AvgIpc) is 3.13. The van der Waals surface area contributed by atoms with Crippen LogP contribution in [0.2, 0.25) is 0 Å². The molecule has 39 heavy (non-hydrogen) atoms. The van der Waals surface area contributed by atoms with Gasteiger partial charge in [0.05, 0.1) is 11.7 Å². The van der Waals surface area contributed by atoms with Crippen molar-refractivity contribution >= 4 is 31.0 Å². The van der Waals surface area contributed by atoms with E-state index in [1.165, 1.54) is 4.57 Å². The third-order valence-electron chi connectivity index (χ3n) is 5.75. The first-order valence-electron chi connectivity index (χ1n) is 12.1. The zero-order valence-corrected chi connectivity index (χ0v) is 23.4. The molecule has 0 bridgehead atoms. The van der Waals surface area contributed by atoms with Gasteiger partial charge in [0.25, 0.3) is 0 Å². The number of benzene rings is 1. The highest BCUT2D eigenvalue weighted by atomic mass is 31.2. The number of ether oxygens (including phenoxy) is 3. The second-order valence-electron chi connectivity index (χ2n) is 11.5. The van der Waals surface area contributed by atoms with Crippen LogP contribution < -0.4 is 5.32 Å². The molecule has 0 spiro atoms. The monoisotopic (exact) mass is 574 g/mol. The third-order valence-corrected chi connectivity index (χ3v) is 6.32. The van der Waals surface area contributed by atoms with Crippen LogP contribution in [-0.4, -0.2) is 50.7 Å². The molecule has 1 saturated carbocycles. The van der Waals surface area contributed by atoms with Gasteiger partial charge in [-0.3, -0.25) is 4.52 Å². The van der Waals surface area contributed by atoms with Gasteiger partial charge in [-0.15, -0.1) is 0 Å². The molecule has 2 aromatic rings. The van der Waals surface area contributed by atoms with E-state index in [1.54, 1.807) is 26.8 Å². The molecule has 3 rings (SSSR count). The van der Waals surface area contributed by atoms with E-state index in [9.17, 15) is 19.0 Å². The van der Waals surface area contributed by atoms with Crippen LogP contribution >= 0.6 is 7.82 Å². The van der Waals surface area contributed by atoms with Crippen LogP contribution in [0.5, 0.6) is 0 Å². The molecule has 1 atom stereocenters. The van der Waals surface area contributed by atoms with E-state index in [-0.39, 0.29) is 35.2 Å². The fourth-order valence-corrected chi connectivity index (χ4v) is 4.65. The maximum absolute atomic E-state index is 15.2. The summed E-state index contributed by atoms with van der Waals surface area (Å²) >= 11 is 0. The van der Waals surface area contributed by atoms with E-state index < -0.39 is 61.9 Å². The molecule has 0 aliphatic heterocycles. The molecule has 1 aromatic heterocycles. The summed E-state index contributed by atoms with van der Waals surface area (Å²) in [7, 11) is -4.62. The summed E-state index contributed by atoms with van der Waals surface area (Å²) in [4.78, 5) is 33.9. The van der Waals surface area contributed by atoms with Crippen molar-refractivity contribution in [1.29, 1.82) is 5.26 Å². The van der Waals surface area contributed by atoms with Gasteiger partial charge < -0.3 is 33.9 Å². The first-order chi connectivity index (χ1) is 17.9. The number of hydrogen-bond donors (Lipinski definition) is 3. The van der Waals surface area contributed by atoms with Gasteiger partial charge in [-0.1, -0.05) is 20.8 Å². The third kappa shape index (κ3) is 8.09. The van der Waals surface area contributed by atoms with E-state index in [4.69, 9.17) is 24.0 Å². The van der Waals surface area contributed by atoms with E-state index >= 15 is 4.39 Å². The van der Waals surface area contributed by atoms with Crippen molar-refractivity contribution in [2.45, 2.75) is 84.8 Å². The Bertz CT molecular complexity index is 1300. The van der Waals surface area contributed by atoms with Gasteiger partial charge in [-0.05, 0) is 38.7 Å². The number of imidazole rings is 1. The number of nitrogens with zero attached hydrogens (tertiary/aromatic N) is 3. The van der Waals surface area contributed by atoms with Crippen molar-refractivity contribution < 1.29 is 46.7 Å². The standard InChI is InChI=1S/C24H33F2N4O8P/c1-23(2,3)10-17(35-12-36-22(31)37-14-8-15(9-14)38-39(32,33)34)28-21-29-19-16(25)7-13(11-27)18(26)20(19)30(21)24(4,5)6/h7,14-15,17H,8-10,12H2,1-6H3,(H,28,29)(H2,32,33,34). The zero-order valence-electron chi connectivity index (χ0n) is 22.5. The van der Waals surface area contributed by atoms with Crippen LogP contribution in [0.15, 0.2) is 6.07 Å². The van der Waals surface area contributed by atoms with Gasteiger partial charge in [-0.25, -0.2) is 23.1 Å². The van der Waals surface area contributed by atoms with Crippen LogP contribution in [-0.2, 0) is 28.8 Å². The van der Waals surface area contributed by atoms with Crippen molar-refractivity contribution in [2.24, 2.45) is 5.41 Å². The molecular formula is C24H33F2N4O8P. The summed E-state index contributed by atoms with van der Waals surface area (Å²) in [6.45, 7) is 10.6. The number of nitrogens with one attached hydrogen (secondary N) is 1. The lowest BCUT2D eigenvalue weighted by atomic mass is 9.91. The van der Waals surface area contributed by atoms with Gasteiger partial charge in [0, 0.05) is 18.4 Å². The Labute approximate surface area is 224 Å². The van der Waals surface area contributed by atoms with Crippen molar-refractivity contribution in [1.82, 2.24) is 9.55 Å². The number of halogens is 2. The number of nitriles is 1. The molecule has 1 aromatic carbocycles. The average molecular weight is 575 g/mol. The minimum atomic E-state index is -4.62. The highest BCUT2D eigenvalue weighted by Gasteiger charge is 2.37. The number of anilines is 1. The summed E-state index contributed by atoms with van der Waals surface area (Å²) in [5, 5.41) is 12.3. The SMILES string of the molecule is CC(C)(C)CC(Nc1nc2c(F)cc(C#N)c(F)c2n1C(C)(C)C)OCOC(=O)OC1CC(OP(=O)(O)O)C1. The number of phosphoric acid groups is 1. The largest absolute Gasteiger partial charge is 0.510 e. The van der Waals surface area contributed by atoms with Crippen LogP contribution in [0.3, 0.4) is 0 Å². The molecule has 1 aliphatic rings. The lowest BCUT2D eigenvalue weighted by Crippen LogP contribution is -2.38. The fourth-order valence-electron chi connectivity index (χ4n) is 4.09. The first kappa shape index (κ1) is 30.7. The van der Waals surface area contributed by atoms with Crippen LogP contribution in [0, 0.1) is 28.4 Å². The molecule has 0 radical (unpaired) electrons. The number of rotatable bonds is 9. The smallest absolute Gasteiger partial charge is 0.431 e. The Morgan fingerprint density at radius 3 is 2.44 bits per heavy atom. The van der Waals surface area contributed by atoms with E-state index in [0.29, 0.717) is 6.42 Å². The summed E-state index contributed by atoms with van der Waals surface area (Å²) < 4.78 is 62.5. The summed E-state index contributed by atoms with van der Waals surface area (Å²) in [6, 6.07) is 2.46. The van der Waals surface area contributed by atoms with Gasteiger partial charge in [0.2, 0.25) is 5.95 Å². The molecule has 1 fully saturated rings. The Balaban J connectivity index is 1.73. The van der Waals surface area contributed by atoms with Gasteiger partial charge in [-0.2, -0.15) is 5.26 Å². The first-order valence-corrected chi connectivity index (χ1v) is 13.7. The molecule has 0 saturated heterocycles. The number of fused-ring (bicyclic) bond motifs is 1. The molecule has 1 unspecified atom stereocenters. The Kier molecular flexibility index (Phi) is 8.94. The maximum Gasteiger partial charge on any atom is 0.510 e. The minimum absolute atomic E-state index is 0.0905. The number of carbonyl (C=O) groups is 1. The van der Waals surface area contributed by atoms with E-state index in [2.05, 4.69) is 14.8 Å². The number of hydrogen-bond acceptors (Lipinski definition) is 9. The van der Waals surface area contributed by atoms with Crippen molar-refractivity contribution in [2.75, 3.05) is 12.1 Å². The lowest BCUT2D eigenvalue weighted by Gasteiger charge is -2.33. The Hall–Kier alpha value is -2.82. The molecule has 3 N–H and O–H groups in total. The van der Waals surface area contributed by atoms with Crippen LogP contribution in [0.25, 0.3) is 11.0 Å². The molecule has 0 amide bonds. The minimum Gasteiger partial charge on any atom is -0.431 e. The lowest BCUT2D eigenvalue weighted by molar-refractivity contribution is -0.102. The predicted molar refractivity (Wildman–Crippen MR) is 134 cm³/mol. The van der Waals surface area contributed by atoms with Crippen LogP contribution in [0.4, 0.5) is 19.5 Å². The van der Waals surface area contributed by atoms with Crippen molar-refractivity contribution in [3.8, 4) is 6.07 Å². The molecule has 15 heteroatoms. The fraction of sp³-hybridized carbons (Fsp3) is 0.625. The van der Waals surface area contributed by atoms with Gasteiger partial charge in [0.1, 0.15) is 29.4 Å². The molecule has 1 aliphatic carbocycles. The Morgan fingerprint density at radius 1 is 1.26 bits per heavy atom. The summed E-state index contributed by atoms with van der Waals surface area (Å²) in [5.74, 6) is -1.65. The number of aromatic nitrogens is 2. The quantitative estimate of drug-likeness (QED) is 0.212. The maximum atomic E-state index is 15.2. The number of phosphoric ester groups is 1. The van der Waals surface area contributed by atoms with E-state index in [1.807, 2.05) is 20.8 Å². The molecule has 216 valence electrons. The Morgan fingerprint density at radius 2 is 1.90 bits per heavy atom. The summed E-state index contributed by atoms with van der Waals surface area (Å²) in [6.07, 6.45) is -2.61. The molecule has 12 nitrogen and oxygen atoms in total. The second-order valence-corrected chi connectivity index (χ2v) is 12.7. The van der Waals surface area contributed by atoms with Gasteiger partial charge >= 0.3 is 14.0 Å². The molecular weight excluding hydrogens is 541 g/mol. The van der Waals surface area contributed by atoms with Crippen molar-refractivity contribution in [3.63, 3.8) is 0 Å². The van der Waals surface area contributed by atoms with Crippen LogP contribution in [0.1, 0.15) is 66.4 Å². The zero-order chi connectivity index (χ0) is 29.3. The second kappa shape index (κ2) is 11.3. The summed E-state index contributed by atoms with van der Waals surface area (Å²) in [5.41, 5.74) is -1.94. The number of carbonyl (C=O) groups excluding carboxylic acids is 1. The molecule has 1 heterocycles. The normalized spacial score (nSPS) is 18.8. The van der Waals surface area contributed by atoms with Gasteiger partial charge in [0.15, 0.2) is 18.4 Å². The highest BCUT2D eigenvalue weighted by Crippen LogP contribution is 2.43. The van der Waals surface area contributed by atoms with Crippen molar-refractivity contribution in [3.05, 3.63) is 23.3 Å². The highest BCUT2D eigenvalue weighted by molar-refractivity contribution is 7.46. The van der Waals surface area contributed by atoms with E-state index in [0.717, 1.165) is 6.07 Å². The predicted octanol–water partition coefficient (Wildman–Crippen LogP) is 4.88.